The maximum absolute atomic E-state index is 9.92. The Morgan fingerprint density at radius 3 is 1.83 bits per heavy atom. The van der Waals surface area contributed by atoms with Crippen molar-refractivity contribution in [3.63, 3.8) is 0 Å². The number of methoxy groups -OCH3 is 1. The lowest BCUT2D eigenvalue weighted by Crippen LogP contribution is -1.96. The highest BCUT2D eigenvalue weighted by molar-refractivity contribution is 6.04. The van der Waals surface area contributed by atoms with E-state index in [4.69, 9.17) is 0 Å². The first-order valence-corrected chi connectivity index (χ1v) is 2.78. The Hall–Kier alpha value is -0.814. The Labute approximate surface area is 86.4 Å². The normalized spacial score (nSPS) is 12.1. The van der Waals surface area contributed by atoms with Gasteiger partial charge in [-0.3, -0.25) is 0 Å². The van der Waals surface area contributed by atoms with Crippen LogP contribution in [0.2, 0.25) is 0 Å². The number of esters is 2. The number of ether oxygens (including phenoxy) is 2. The van der Waals surface area contributed by atoms with E-state index in [-0.39, 0.29) is 23.1 Å². The molecule has 0 fully saturated rings. The highest BCUT2D eigenvalue weighted by atomic mass is 24.3. The third kappa shape index (κ3) is 7.30. The second-order valence-electron chi connectivity index (χ2n) is 1.48. The molecule has 5 heteroatoms. The second kappa shape index (κ2) is 8.28. The molecule has 1 aliphatic heterocycles. The van der Waals surface area contributed by atoms with Crippen molar-refractivity contribution in [3.05, 3.63) is 25.0 Å². The zero-order chi connectivity index (χ0) is 8.69. The van der Waals surface area contributed by atoms with Gasteiger partial charge in [0.15, 0.2) is 0 Å². The minimum atomic E-state index is -0.579. The topological polar surface area (TPSA) is 52.6 Å². The molecule has 0 bridgehead atoms. The van der Waals surface area contributed by atoms with Crippen LogP contribution in [0, 0.1) is 0 Å². The minimum absolute atomic E-state index is 0. The quantitative estimate of drug-likeness (QED) is 0.237. The summed E-state index contributed by atoms with van der Waals surface area (Å²) >= 11 is 0. The highest BCUT2D eigenvalue weighted by Crippen LogP contribution is 1.92. The number of carbonyl (C=O) groups excluding carboxylic acids is 2. The Morgan fingerprint density at radius 1 is 1.42 bits per heavy atom. The van der Waals surface area contributed by atoms with E-state index >= 15 is 0 Å². The molecule has 0 saturated carbocycles. The molecule has 1 rings (SSSR count). The fourth-order valence-electron chi connectivity index (χ4n) is 0.303. The first-order chi connectivity index (χ1) is 5.20. The van der Waals surface area contributed by atoms with Gasteiger partial charge in [0.25, 0.3) is 0 Å². The lowest BCUT2D eigenvalue weighted by atomic mass is 10.6. The van der Waals surface area contributed by atoms with Gasteiger partial charge in [0.05, 0.1) is 13.4 Å². The summed E-state index contributed by atoms with van der Waals surface area (Å²) in [4.78, 5) is 19.8. The number of hydrogen-bond donors (Lipinski definition) is 0. The summed E-state index contributed by atoms with van der Waals surface area (Å²) in [5, 5.41) is 0. The van der Waals surface area contributed by atoms with Gasteiger partial charge in [-0.15, -0.1) is 0 Å². The van der Waals surface area contributed by atoms with Crippen LogP contribution in [0.25, 0.3) is 0 Å². The van der Waals surface area contributed by atoms with Crippen LogP contribution in [-0.4, -0.2) is 42.1 Å². The van der Waals surface area contributed by atoms with E-state index in [0.29, 0.717) is 0 Å². The number of rotatable bonds is 1. The van der Waals surface area contributed by atoms with Crippen LogP contribution in [0.5, 0.6) is 0 Å². The second-order valence-corrected chi connectivity index (χ2v) is 1.48. The summed E-state index contributed by atoms with van der Waals surface area (Å²) in [6.45, 7) is 3.26. The van der Waals surface area contributed by atoms with E-state index in [2.05, 4.69) is 16.1 Å². The molecule has 12 heavy (non-hydrogen) atoms. The zero-order valence-electron chi connectivity index (χ0n) is 6.07. The van der Waals surface area contributed by atoms with Crippen molar-refractivity contribution in [2.45, 2.75) is 0 Å². The standard InChI is InChI=1S/C4H2O3.C3H6O.Mg.2H/c5-3-1-2-4(6)7-3;1-3-4-2;;;/h1-2H;3H,1H2,2H3;;;. The van der Waals surface area contributed by atoms with E-state index in [1.807, 2.05) is 0 Å². The molecule has 0 aromatic carbocycles. The Balaban J connectivity index is 0. The lowest BCUT2D eigenvalue weighted by molar-refractivity contribution is -0.150. The summed E-state index contributed by atoms with van der Waals surface area (Å²) in [6.07, 6.45) is 3.55. The molecule has 1 aliphatic rings. The van der Waals surface area contributed by atoms with Gasteiger partial charge < -0.3 is 9.47 Å². The molecule has 0 aliphatic carbocycles. The third-order valence-electron chi connectivity index (χ3n) is 0.723. The largest absolute Gasteiger partial charge is 0.505 e. The molecule has 0 atom stereocenters. The number of carbonyl (C=O) groups is 2. The van der Waals surface area contributed by atoms with Gasteiger partial charge in [0.1, 0.15) is 0 Å². The molecule has 0 amide bonds. The van der Waals surface area contributed by atoms with Crippen molar-refractivity contribution in [3.8, 4) is 0 Å². The van der Waals surface area contributed by atoms with Crippen molar-refractivity contribution in [1.82, 2.24) is 0 Å². The van der Waals surface area contributed by atoms with Gasteiger partial charge in [-0.1, -0.05) is 6.58 Å². The molecule has 0 spiro atoms. The van der Waals surface area contributed by atoms with Crippen LogP contribution in [0.3, 0.4) is 0 Å². The van der Waals surface area contributed by atoms with E-state index in [1.54, 1.807) is 7.11 Å². The molecule has 0 aromatic heterocycles. The van der Waals surface area contributed by atoms with Crippen LogP contribution in [0.15, 0.2) is 25.0 Å². The molecule has 0 N–H and O–H groups in total. The van der Waals surface area contributed by atoms with Crippen LogP contribution in [0.4, 0.5) is 0 Å². The molecule has 4 nitrogen and oxygen atoms in total. The van der Waals surface area contributed by atoms with Crippen molar-refractivity contribution in [1.29, 1.82) is 0 Å². The van der Waals surface area contributed by atoms with E-state index in [9.17, 15) is 9.59 Å². The predicted molar refractivity (Wildman–Crippen MR) is 46.0 cm³/mol. The molecule has 64 valence electrons. The van der Waals surface area contributed by atoms with E-state index in [1.165, 1.54) is 6.26 Å². The van der Waals surface area contributed by atoms with Gasteiger partial charge in [-0.05, 0) is 0 Å². The lowest BCUT2D eigenvalue weighted by Gasteiger charge is -1.80. The fraction of sp³-hybridized carbons (Fsp3) is 0.143. The fourth-order valence-corrected chi connectivity index (χ4v) is 0.303. The van der Waals surface area contributed by atoms with Gasteiger partial charge in [0, 0.05) is 12.2 Å². The Morgan fingerprint density at radius 2 is 1.75 bits per heavy atom. The van der Waals surface area contributed by atoms with E-state index in [0.717, 1.165) is 12.2 Å². The van der Waals surface area contributed by atoms with Crippen molar-refractivity contribution in [2.75, 3.05) is 7.11 Å². The molecule has 0 unspecified atom stereocenters. The molecule has 0 radical (unpaired) electrons. The monoisotopic (exact) mass is 182 g/mol. The highest BCUT2D eigenvalue weighted by Gasteiger charge is 2.10. The third-order valence-corrected chi connectivity index (χ3v) is 0.723. The van der Waals surface area contributed by atoms with Gasteiger partial charge in [0.2, 0.25) is 0 Å². The predicted octanol–water partition coefficient (Wildman–Crippen LogP) is -0.514. The first kappa shape index (κ1) is 13.8. The molecular weight excluding hydrogens is 172 g/mol. The van der Waals surface area contributed by atoms with Crippen LogP contribution in [0.1, 0.15) is 0 Å². The van der Waals surface area contributed by atoms with Gasteiger partial charge in [-0.2, -0.15) is 0 Å². The van der Waals surface area contributed by atoms with Crippen LogP contribution < -0.4 is 0 Å². The maximum atomic E-state index is 9.92. The average molecular weight is 182 g/mol. The average Bonchev–Trinajstić information content (AvgIpc) is 2.35. The maximum Gasteiger partial charge on any atom is 0.338 e. The zero-order valence-corrected chi connectivity index (χ0v) is 6.07. The smallest absolute Gasteiger partial charge is 0.338 e. The molecule has 0 saturated heterocycles. The van der Waals surface area contributed by atoms with Gasteiger partial charge in [-0.25, -0.2) is 9.59 Å². The molecule has 1 heterocycles. The summed E-state index contributed by atoms with van der Waals surface area (Å²) in [5.74, 6) is -1.16. The Kier molecular flexibility index (Phi) is 9.50. The van der Waals surface area contributed by atoms with Crippen molar-refractivity contribution >= 4 is 35.0 Å². The number of cyclic esters (lactones) is 2. The SMILES string of the molecule is C=COC.O=C1C=CC(=O)O1.[MgH2]. The Bertz CT molecular complexity index is 182. The number of hydrogen-bond acceptors (Lipinski definition) is 4. The van der Waals surface area contributed by atoms with Crippen molar-refractivity contribution in [2.24, 2.45) is 0 Å². The van der Waals surface area contributed by atoms with E-state index < -0.39 is 11.9 Å². The summed E-state index contributed by atoms with van der Waals surface area (Å²) in [5.41, 5.74) is 0. The summed E-state index contributed by atoms with van der Waals surface area (Å²) in [7, 11) is 1.56. The summed E-state index contributed by atoms with van der Waals surface area (Å²) in [6, 6.07) is 0. The molecular formula is C7H10MgO4. The molecule has 0 aromatic rings. The van der Waals surface area contributed by atoms with Crippen LogP contribution in [-0.2, 0) is 19.1 Å². The summed E-state index contributed by atoms with van der Waals surface area (Å²) < 4.78 is 8.28. The first-order valence-electron chi connectivity index (χ1n) is 2.78. The van der Waals surface area contributed by atoms with Crippen LogP contribution >= 0.6 is 0 Å². The van der Waals surface area contributed by atoms with Gasteiger partial charge >= 0.3 is 35.0 Å². The van der Waals surface area contributed by atoms with Crippen molar-refractivity contribution < 1.29 is 19.1 Å². The minimum Gasteiger partial charge on any atom is -0.505 e.